The minimum atomic E-state index is -4.11. The number of nitrogens with zero attached hydrogens (tertiary/aromatic N) is 2. The molecule has 0 fully saturated rings. The van der Waals surface area contributed by atoms with E-state index in [-0.39, 0.29) is 28.4 Å². The fourth-order valence-electron chi connectivity index (χ4n) is 3.66. The lowest BCUT2D eigenvalue weighted by Gasteiger charge is -2.14. The molecule has 0 saturated carbocycles. The maximum absolute atomic E-state index is 13.3. The molecule has 7 nitrogen and oxygen atoms in total. The van der Waals surface area contributed by atoms with E-state index in [1.807, 2.05) is 32.9 Å². The van der Waals surface area contributed by atoms with Gasteiger partial charge in [0.1, 0.15) is 17.1 Å². The van der Waals surface area contributed by atoms with E-state index in [9.17, 15) is 18.0 Å². The maximum Gasteiger partial charge on any atom is 0.244 e. The van der Waals surface area contributed by atoms with Gasteiger partial charge in [-0.15, -0.1) is 0 Å². The topological polar surface area (TPSA) is 98.1 Å². The summed E-state index contributed by atoms with van der Waals surface area (Å²) < 4.78 is 28.1. The van der Waals surface area contributed by atoms with Gasteiger partial charge >= 0.3 is 0 Å². The molecule has 4 aromatic rings. The quantitative estimate of drug-likeness (QED) is 0.469. The number of nitrogens with one attached hydrogen (secondary N) is 1. The van der Waals surface area contributed by atoms with E-state index in [0.29, 0.717) is 11.4 Å². The second-order valence-electron chi connectivity index (χ2n) is 8.44. The average Bonchev–Trinajstić information content (AvgIpc) is 2.78. The van der Waals surface area contributed by atoms with E-state index in [0.717, 1.165) is 16.7 Å². The van der Waals surface area contributed by atoms with Crippen molar-refractivity contribution in [2.24, 2.45) is 0 Å². The predicted octanol–water partition coefficient (Wildman–Crippen LogP) is 4.10. The molecule has 0 aliphatic heterocycles. The van der Waals surface area contributed by atoms with Crippen molar-refractivity contribution in [3.05, 3.63) is 93.4 Å². The van der Waals surface area contributed by atoms with Gasteiger partial charge in [0.25, 0.3) is 0 Å². The number of hydrogen-bond acceptors (Lipinski definition) is 5. The van der Waals surface area contributed by atoms with E-state index < -0.39 is 20.2 Å². The molecule has 1 amide bonds. The lowest BCUT2D eigenvalue weighted by atomic mass is 10.1. The zero-order chi connectivity index (χ0) is 24.6. The van der Waals surface area contributed by atoms with Crippen molar-refractivity contribution in [3.63, 3.8) is 0 Å². The van der Waals surface area contributed by atoms with Crippen LogP contribution in [-0.4, -0.2) is 23.9 Å². The molecule has 2 aromatic heterocycles. The number of carbonyl (C=O) groups excluding carboxylic acids is 1. The number of aryl methyl sites for hydroxylation is 4. The Balaban J connectivity index is 1.81. The third-order valence-corrected chi connectivity index (χ3v) is 7.52. The molecule has 0 saturated heterocycles. The van der Waals surface area contributed by atoms with Crippen LogP contribution in [0, 0.1) is 27.7 Å². The normalized spacial score (nSPS) is 11.5. The Bertz CT molecular complexity index is 1590. The van der Waals surface area contributed by atoms with Crippen LogP contribution < -0.4 is 10.7 Å². The molecule has 34 heavy (non-hydrogen) atoms. The van der Waals surface area contributed by atoms with E-state index in [4.69, 9.17) is 0 Å². The van der Waals surface area contributed by atoms with Gasteiger partial charge in [0, 0.05) is 17.6 Å². The fraction of sp³-hybridized carbons (Fsp3) is 0.192. The van der Waals surface area contributed by atoms with Gasteiger partial charge in [0.05, 0.1) is 10.3 Å². The first-order valence-corrected chi connectivity index (χ1v) is 12.2. The Morgan fingerprint density at radius 1 is 0.941 bits per heavy atom. The standard InChI is InChI=1S/C26H25N3O4S/c1-16-5-10-21(11-6-16)34(32,33)23-14-29(26-22(25(23)31)12-8-19(4)27-26)15-24(30)28-20-9-7-17(2)18(3)13-20/h5-14H,15H2,1-4H3,(H,28,30). The van der Waals surface area contributed by atoms with E-state index in [2.05, 4.69) is 10.3 Å². The van der Waals surface area contributed by atoms with Crippen LogP contribution >= 0.6 is 0 Å². The number of sulfone groups is 1. The lowest BCUT2D eigenvalue weighted by molar-refractivity contribution is -0.116. The average molecular weight is 476 g/mol. The highest BCUT2D eigenvalue weighted by Crippen LogP contribution is 2.22. The Labute approximate surface area is 198 Å². The number of benzene rings is 2. The number of rotatable bonds is 5. The van der Waals surface area contributed by atoms with Crippen molar-refractivity contribution >= 4 is 32.5 Å². The van der Waals surface area contributed by atoms with Gasteiger partial charge in [-0.05, 0) is 75.2 Å². The molecule has 8 heteroatoms. The van der Waals surface area contributed by atoms with Gasteiger partial charge in [-0.3, -0.25) is 9.59 Å². The Hall–Kier alpha value is -3.78. The second kappa shape index (κ2) is 8.87. The lowest BCUT2D eigenvalue weighted by Crippen LogP contribution is -2.24. The van der Waals surface area contributed by atoms with Crippen LogP contribution in [-0.2, 0) is 21.2 Å². The third kappa shape index (κ3) is 4.49. The molecule has 1 N–H and O–H groups in total. The van der Waals surface area contributed by atoms with Crippen LogP contribution in [0.4, 0.5) is 5.69 Å². The summed E-state index contributed by atoms with van der Waals surface area (Å²) in [6.45, 7) is 7.34. The van der Waals surface area contributed by atoms with Crippen molar-refractivity contribution < 1.29 is 13.2 Å². The van der Waals surface area contributed by atoms with Gasteiger partial charge in [0.2, 0.25) is 21.2 Å². The molecule has 2 aromatic carbocycles. The first-order valence-electron chi connectivity index (χ1n) is 10.8. The number of hydrogen-bond donors (Lipinski definition) is 1. The third-order valence-electron chi connectivity index (χ3n) is 5.75. The fourth-order valence-corrected chi connectivity index (χ4v) is 5.03. The molecule has 0 aliphatic rings. The zero-order valence-electron chi connectivity index (χ0n) is 19.4. The predicted molar refractivity (Wildman–Crippen MR) is 132 cm³/mol. The Morgan fingerprint density at radius 2 is 1.65 bits per heavy atom. The summed E-state index contributed by atoms with van der Waals surface area (Å²) in [5.74, 6) is -0.366. The largest absolute Gasteiger partial charge is 0.325 e. The SMILES string of the molecule is Cc1ccc(S(=O)(=O)c2cn(CC(=O)Nc3ccc(C)c(C)c3)c3nc(C)ccc3c2=O)cc1. The summed E-state index contributed by atoms with van der Waals surface area (Å²) in [7, 11) is -4.11. The summed E-state index contributed by atoms with van der Waals surface area (Å²) in [5, 5.41) is 2.97. The van der Waals surface area contributed by atoms with Crippen LogP contribution in [0.3, 0.4) is 0 Å². The van der Waals surface area contributed by atoms with Crippen LogP contribution in [0.15, 0.2) is 75.4 Å². The van der Waals surface area contributed by atoms with Crippen LogP contribution in [0.2, 0.25) is 0 Å². The van der Waals surface area contributed by atoms with Crippen molar-refractivity contribution in [3.8, 4) is 0 Å². The highest BCUT2D eigenvalue weighted by atomic mass is 32.2. The molecular weight excluding hydrogens is 450 g/mol. The number of anilines is 1. The molecule has 0 spiro atoms. The summed E-state index contributed by atoms with van der Waals surface area (Å²) in [6.07, 6.45) is 1.21. The minimum Gasteiger partial charge on any atom is -0.325 e. The maximum atomic E-state index is 13.3. The Morgan fingerprint density at radius 3 is 2.32 bits per heavy atom. The smallest absolute Gasteiger partial charge is 0.244 e. The second-order valence-corrected chi connectivity index (χ2v) is 10.4. The van der Waals surface area contributed by atoms with Gasteiger partial charge in [-0.1, -0.05) is 23.8 Å². The minimum absolute atomic E-state index is 0.0146. The number of carbonyl (C=O) groups is 1. The van der Waals surface area contributed by atoms with E-state index in [1.54, 1.807) is 37.3 Å². The van der Waals surface area contributed by atoms with Gasteiger partial charge in [0.15, 0.2) is 0 Å². The molecule has 0 atom stereocenters. The number of amides is 1. The van der Waals surface area contributed by atoms with Gasteiger partial charge < -0.3 is 9.88 Å². The van der Waals surface area contributed by atoms with Crippen molar-refractivity contribution in [1.82, 2.24) is 9.55 Å². The van der Waals surface area contributed by atoms with Crippen molar-refractivity contribution in [1.29, 1.82) is 0 Å². The molecule has 174 valence electrons. The number of aromatic nitrogens is 2. The number of fused-ring (bicyclic) bond motifs is 1. The molecule has 2 heterocycles. The van der Waals surface area contributed by atoms with E-state index >= 15 is 0 Å². The molecular formula is C26H25N3O4S. The van der Waals surface area contributed by atoms with E-state index in [1.165, 1.54) is 22.9 Å². The first kappa shape index (κ1) is 23.4. The van der Waals surface area contributed by atoms with Crippen molar-refractivity contribution in [2.45, 2.75) is 44.0 Å². The molecule has 4 rings (SSSR count). The highest BCUT2D eigenvalue weighted by Gasteiger charge is 2.25. The van der Waals surface area contributed by atoms with Gasteiger partial charge in [-0.2, -0.15) is 0 Å². The van der Waals surface area contributed by atoms with Crippen LogP contribution in [0.5, 0.6) is 0 Å². The summed E-state index contributed by atoms with van der Waals surface area (Å²) in [5.41, 5.74) is 3.93. The molecule has 0 unspecified atom stereocenters. The van der Waals surface area contributed by atoms with Crippen LogP contribution in [0.25, 0.3) is 11.0 Å². The molecule has 0 aliphatic carbocycles. The summed E-state index contributed by atoms with van der Waals surface area (Å²) in [6, 6.07) is 15.1. The summed E-state index contributed by atoms with van der Waals surface area (Å²) in [4.78, 5) is 30.1. The van der Waals surface area contributed by atoms with Crippen LogP contribution in [0.1, 0.15) is 22.4 Å². The first-order chi connectivity index (χ1) is 16.1. The monoisotopic (exact) mass is 475 g/mol. The Kier molecular flexibility index (Phi) is 6.10. The van der Waals surface area contributed by atoms with Crippen molar-refractivity contribution in [2.75, 3.05) is 5.32 Å². The number of pyridine rings is 2. The highest BCUT2D eigenvalue weighted by molar-refractivity contribution is 7.91. The zero-order valence-corrected chi connectivity index (χ0v) is 20.2. The summed E-state index contributed by atoms with van der Waals surface area (Å²) >= 11 is 0. The van der Waals surface area contributed by atoms with Gasteiger partial charge in [-0.25, -0.2) is 13.4 Å². The molecule has 0 bridgehead atoms. The molecule has 0 radical (unpaired) electrons.